The van der Waals surface area contributed by atoms with Crippen LogP contribution in [0, 0.1) is 6.92 Å². The number of hydrogen-bond acceptors (Lipinski definition) is 8. The predicted octanol–water partition coefficient (Wildman–Crippen LogP) is 2.60. The highest BCUT2D eigenvalue weighted by Crippen LogP contribution is 2.29. The highest BCUT2D eigenvalue weighted by molar-refractivity contribution is 7.17. The van der Waals surface area contributed by atoms with Gasteiger partial charge in [-0.1, -0.05) is 0 Å². The lowest BCUT2D eigenvalue weighted by Crippen LogP contribution is -2.37. The van der Waals surface area contributed by atoms with Crippen molar-refractivity contribution < 1.29 is 4.74 Å². The van der Waals surface area contributed by atoms with Crippen molar-refractivity contribution in [1.29, 1.82) is 0 Å². The van der Waals surface area contributed by atoms with Crippen LogP contribution in [0.15, 0.2) is 17.5 Å². The Labute approximate surface area is 156 Å². The van der Waals surface area contributed by atoms with Gasteiger partial charge in [-0.25, -0.2) is 4.98 Å². The first kappa shape index (κ1) is 17.2. The average Bonchev–Trinajstić information content (AvgIpc) is 3.28. The lowest BCUT2D eigenvalue weighted by Gasteiger charge is -2.26. The molecule has 26 heavy (non-hydrogen) atoms. The van der Waals surface area contributed by atoms with Crippen molar-refractivity contribution in [1.82, 2.24) is 25.1 Å². The number of anilines is 3. The smallest absolute Gasteiger partial charge is 0.225 e. The van der Waals surface area contributed by atoms with E-state index >= 15 is 0 Å². The predicted molar refractivity (Wildman–Crippen MR) is 104 cm³/mol. The second-order valence-corrected chi connectivity index (χ2v) is 7.24. The summed E-state index contributed by atoms with van der Waals surface area (Å²) in [6, 6.07) is 3.97. The molecule has 0 atom stereocenters. The lowest BCUT2D eigenvalue weighted by molar-refractivity contribution is 0.0378. The van der Waals surface area contributed by atoms with Crippen LogP contribution in [0.25, 0.3) is 10.2 Å². The van der Waals surface area contributed by atoms with E-state index in [9.17, 15) is 0 Å². The van der Waals surface area contributed by atoms with Gasteiger partial charge in [0.05, 0.1) is 23.4 Å². The Morgan fingerprint density at radius 3 is 3.00 bits per heavy atom. The van der Waals surface area contributed by atoms with E-state index < -0.39 is 0 Å². The molecule has 3 aromatic heterocycles. The molecule has 0 spiro atoms. The van der Waals surface area contributed by atoms with Crippen molar-refractivity contribution in [2.24, 2.45) is 0 Å². The molecule has 8 nitrogen and oxygen atoms in total. The maximum absolute atomic E-state index is 5.38. The maximum Gasteiger partial charge on any atom is 0.225 e. The number of fused-ring (bicyclic) bond motifs is 1. The summed E-state index contributed by atoms with van der Waals surface area (Å²) in [6.07, 6.45) is 1.05. The molecule has 3 N–H and O–H groups in total. The zero-order valence-corrected chi connectivity index (χ0v) is 15.6. The normalized spacial score (nSPS) is 15.4. The molecular weight excluding hydrogens is 350 g/mol. The third-order valence-electron chi connectivity index (χ3n) is 4.29. The minimum absolute atomic E-state index is 0.646. The van der Waals surface area contributed by atoms with E-state index in [1.807, 2.05) is 24.4 Å². The van der Waals surface area contributed by atoms with Gasteiger partial charge in [0, 0.05) is 31.4 Å². The molecule has 0 radical (unpaired) electrons. The van der Waals surface area contributed by atoms with Crippen LogP contribution in [0.3, 0.4) is 0 Å². The fourth-order valence-corrected chi connectivity index (χ4v) is 3.73. The molecule has 1 aliphatic rings. The Morgan fingerprint density at radius 2 is 2.19 bits per heavy atom. The molecule has 1 fully saturated rings. The van der Waals surface area contributed by atoms with Gasteiger partial charge in [0.2, 0.25) is 5.95 Å². The standard InChI is InChI=1S/C17H23N7OS/c1-12-11-14(23-22-12)20-16-15-13(3-10-26-15)19-17(21-16)18-4-2-5-24-6-8-25-9-7-24/h3,10-11H,2,4-9H2,1H3,(H3,18,19,20,21,22,23). The average molecular weight is 373 g/mol. The summed E-state index contributed by atoms with van der Waals surface area (Å²) < 4.78 is 6.41. The molecule has 0 bridgehead atoms. The van der Waals surface area contributed by atoms with E-state index in [0.29, 0.717) is 5.95 Å². The number of aromatic amines is 1. The van der Waals surface area contributed by atoms with Gasteiger partial charge in [-0.15, -0.1) is 11.3 Å². The fourth-order valence-electron chi connectivity index (χ4n) is 2.96. The number of nitrogens with one attached hydrogen (secondary N) is 3. The Hall–Kier alpha value is -2.23. The molecule has 1 saturated heterocycles. The molecule has 0 saturated carbocycles. The summed E-state index contributed by atoms with van der Waals surface area (Å²) in [5.41, 5.74) is 1.95. The highest BCUT2D eigenvalue weighted by Gasteiger charge is 2.12. The Morgan fingerprint density at radius 1 is 1.31 bits per heavy atom. The topological polar surface area (TPSA) is 91.0 Å². The summed E-state index contributed by atoms with van der Waals surface area (Å²) in [5, 5.41) is 15.8. The monoisotopic (exact) mass is 373 g/mol. The van der Waals surface area contributed by atoms with Crippen molar-refractivity contribution in [3.63, 3.8) is 0 Å². The summed E-state index contributed by atoms with van der Waals surface area (Å²) in [6.45, 7) is 7.60. The van der Waals surface area contributed by atoms with Gasteiger partial charge in [0.15, 0.2) is 11.6 Å². The number of hydrogen-bond donors (Lipinski definition) is 3. The maximum atomic E-state index is 5.38. The van der Waals surface area contributed by atoms with Gasteiger partial charge in [-0.2, -0.15) is 10.1 Å². The Balaban J connectivity index is 1.40. The molecule has 0 aliphatic carbocycles. The van der Waals surface area contributed by atoms with E-state index in [1.165, 1.54) is 0 Å². The van der Waals surface area contributed by atoms with Gasteiger partial charge in [0.1, 0.15) is 0 Å². The SMILES string of the molecule is Cc1cc(Nc2nc(NCCCN3CCOCC3)nc3ccsc23)n[nH]1. The van der Waals surface area contributed by atoms with Crippen molar-refractivity contribution in [2.45, 2.75) is 13.3 Å². The lowest BCUT2D eigenvalue weighted by atomic mass is 10.3. The number of ether oxygens (including phenoxy) is 1. The molecule has 3 aromatic rings. The first-order valence-corrected chi connectivity index (χ1v) is 9.74. The molecule has 0 unspecified atom stereocenters. The molecule has 1 aliphatic heterocycles. The number of nitrogens with zero attached hydrogens (tertiary/aromatic N) is 4. The van der Waals surface area contributed by atoms with Crippen LogP contribution in [0.5, 0.6) is 0 Å². The quantitative estimate of drug-likeness (QED) is 0.548. The molecule has 9 heteroatoms. The number of thiophene rings is 1. The first-order chi connectivity index (χ1) is 12.8. The third kappa shape index (κ3) is 4.12. The summed E-state index contributed by atoms with van der Waals surface area (Å²) >= 11 is 1.62. The summed E-state index contributed by atoms with van der Waals surface area (Å²) in [4.78, 5) is 11.7. The second-order valence-electron chi connectivity index (χ2n) is 6.33. The zero-order valence-electron chi connectivity index (χ0n) is 14.8. The van der Waals surface area contributed by atoms with Gasteiger partial charge in [-0.05, 0) is 31.3 Å². The molecule has 138 valence electrons. The van der Waals surface area contributed by atoms with Gasteiger partial charge < -0.3 is 15.4 Å². The van der Waals surface area contributed by atoms with Gasteiger partial charge in [0.25, 0.3) is 0 Å². The van der Waals surface area contributed by atoms with Crippen molar-refractivity contribution in [3.8, 4) is 0 Å². The number of rotatable bonds is 7. The van der Waals surface area contributed by atoms with Crippen LogP contribution in [-0.2, 0) is 4.74 Å². The molecule has 4 rings (SSSR count). The van der Waals surface area contributed by atoms with Crippen molar-refractivity contribution in [3.05, 3.63) is 23.2 Å². The van der Waals surface area contributed by atoms with E-state index in [-0.39, 0.29) is 0 Å². The second kappa shape index (κ2) is 7.98. The number of aryl methyl sites for hydroxylation is 1. The van der Waals surface area contributed by atoms with Crippen LogP contribution in [0.4, 0.5) is 17.6 Å². The van der Waals surface area contributed by atoms with E-state index in [4.69, 9.17) is 4.74 Å². The summed E-state index contributed by atoms with van der Waals surface area (Å²) in [7, 11) is 0. The number of H-pyrrole nitrogens is 1. The van der Waals surface area contributed by atoms with Crippen LogP contribution >= 0.6 is 11.3 Å². The third-order valence-corrected chi connectivity index (χ3v) is 5.20. The summed E-state index contributed by atoms with van der Waals surface area (Å²) in [5.74, 6) is 2.19. The fraction of sp³-hybridized carbons (Fsp3) is 0.471. The minimum atomic E-state index is 0.646. The molecule has 4 heterocycles. The van der Waals surface area contributed by atoms with Gasteiger partial charge in [-0.3, -0.25) is 10.00 Å². The van der Waals surface area contributed by atoms with E-state index in [2.05, 4.69) is 35.7 Å². The number of aromatic nitrogens is 4. The minimum Gasteiger partial charge on any atom is -0.379 e. The van der Waals surface area contributed by atoms with Crippen molar-refractivity contribution >= 4 is 39.1 Å². The first-order valence-electron chi connectivity index (χ1n) is 8.86. The van der Waals surface area contributed by atoms with Crippen LogP contribution < -0.4 is 10.6 Å². The van der Waals surface area contributed by atoms with Crippen molar-refractivity contribution in [2.75, 3.05) is 50.0 Å². The Bertz CT molecular complexity index is 856. The molecule has 0 amide bonds. The largest absolute Gasteiger partial charge is 0.379 e. The van der Waals surface area contributed by atoms with Crippen LogP contribution in [-0.4, -0.2) is 64.5 Å². The highest BCUT2D eigenvalue weighted by atomic mass is 32.1. The Kier molecular flexibility index (Phi) is 5.28. The molecule has 0 aromatic carbocycles. The van der Waals surface area contributed by atoms with Crippen LogP contribution in [0.1, 0.15) is 12.1 Å². The zero-order chi connectivity index (χ0) is 17.8. The molecular formula is C17H23N7OS. The number of morpholine rings is 1. The van der Waals surface area contributed by atoms with E-state index in [1.54, 1.807) is 11.3 Å². The van der Waals surface area contributed by atoms with Gasteiger partial charge >= 0.3 is 0 Å². The van der Waals surface area contributed by atoms with Crippen LogP contribution in [0.2, 0.25) is 0 Å². The van der Waals surface area contributed by atoms with E-state index in [0.717, 1.165) is 73.4 Å².